The Hall–Kier alpha value is -3.88. The van der Waals surface area contributed by atoms with Gasteiger partial charge in [-0.2, -0.15) is 4.31 Å². The zero-order valence-electron chi connectivity index (χ0n) is 22.1. The number of aliphatic hydroxyl groups excluding tert-OH is 1. The summed E-state index contributed by atoms with van der Waals surface area (Å²) in [6.45, 7) is 3.43. The number of likely N-dealkylation sites (N-methyl/N-ethyl adjacent to an activating group) is 1. The Kier molecular flexibility index (Phi) is 8.28. The maximum absolute atomic E-state index is 13.6. The number of nitrogens with zero attached hydrogens (tertiary/aromatic N) is 6. The number of amides is 2. The summed E-state index contributed by atoms with van der Waals surface area (Å²) >= 11 is 0. The van der Waals surface area contributed by atoms with E-state index >= 15 is 0 Å². The summed E-state index contributed by atoms with van der Waals surface area (Å²) in [7, 11) is -0.828. The normalized spacial score (nSPS) is 18.6. The van der Waals surface area contributed by atoms with Gasteiger partial charge in [-0.05, 0) is 19.1 Å². The number of carbonyl (C=O) groups is 2. The molecule has 39 heavy (non-hydrogen) atoms. The molecule has 2 N–H and O–H groups in total. The lowest BCUT2D eigenvalue weighted by Crippen LogP contribution is -2.50. The summed E-state index contributed by atoms with van der Waals surface area (Å²) in [4.78, 5) is 39.9. The fraction of sp³-hybridized carbons (Fsp3) is 0.400. The minimum Gasteiger partial charge on any atom is -0.486 e. The molecular weight excluding hydrogens is 526 g/mol. The van der Waals surface area contributed by atoms with Crippen molar-refractivity contribution in [2.45, 2.75) is 31.0 Å². The summed E-state index contributed by atoms with van der Waals surface area (Å²) in [6, 6.07) is 4.23. The van der Waals surface area contributed by atoms with Gasteiger partial charge in [0.15, 0.2) is 10.8 Å². The minimum atomic E-state index is -3.93. The van der Waals surface area contributed by atoms with Crippen molar-refractivity contribution in [2.24, 2.45) is 13.0 Å². The van der Waals surface area contributed by atoms with Crippen molar-refractivity contribution < 1.29 is 27.9 Å². The highest BCUT2D eigenvalue weighted by Crippen LogP contribution is 2.35. The second kappa shape index (κ2) is 11.5. The number of anilines is 1. The monoisotopic (exact) mass is 557 g/mol. The van der Waals surface area contributed by atoms with Crippen molar-refractivity contribution in [3.8, 4) is 5.75 Å². The van der Waals surface area contributed by atoms with Crippen LogP contribution in [-0.4, -0.2) is 93.0 Å². The van der Waals surface area contributed by atoms with E-state index in [9.17, 15) is 23.1 Å². The first-order valence-electron chi connectivity index (χ1n) is 12.3. The lowest BCUT2D eigenvalue weighted by atomic mass is 9.99. The quantitative estimate of drug-likeness (QED) is 0.412. The number of hydrogen-bond acceptors (Lipinski definition) is 9. The number of hydrogen-bond donors (Lipinski definition) is 2. The fourth-order valence-electron chi connectivity index (χ4n) is 4.20. The smallest absolute Gasteiger partial charge is 0.275 e. The van der Waals surface area contributed by atoms with Gasteiger partial charge in [0.05, 0.1) is 43.0 Å². The molecule has 13 nitrogen and oxygen atoms in total. The Morgan fingerprint density at radius 3 is 2.72 bits per heavy atom. The fourth-order valence-corrected chi connectivity index (χ4v) is 5.34. The number of aliphatic hydroxyl groups is 1. The van der Waals surface area contributed by atoms with E-state index in [0.717, 1.165) is 4.31 Å². The Labute approximate surface area is 226 Å². The van der Waals surface area contributed by atoms with Gasteiger partial charge >= 0.3 is 0 Å². The topological polar surface area (TPSA) is 160 Å². The van der Waals surface area contributed by atoms with Gasteiger partial charge in [0.25, 0.3) is 21.8 Å². The van der Waals surface area contributed by atoms with Gasteiger partial charge in [-0.1, -0.05) is 13.0 Å². The molecule has 2 amide bonds. The van der Waals surface area contributed by atoms with Gasteiger partial charge in [-0.15, -0.1) is 0 Å². The van der Waals surface area contributed by atoms with Crippen LogP contribution >= 0.6 is 0 Å². The zero-order chi connectivity index (χ0) is 28.3. The average molecular weight is 558 g/mol. The summed E-state index contributed by atoms with van der Waals surface area (Å²) < 4.78 is 35.4. The molecule has 3 atom stereocenters. The van der Waals surface area contributed by atoms with E-state index < -0.39 is 28.1 Å². The highest BCUT2D eigenvalue weighted by Gasteiger charge is 2.36. The van der Waals surface area contributed by atoms with Crippen molar-refractivity contribution in [2.75, 3.05) is 32.1 Å². The molecule has 1 aliphatic heterocycles. The third-order valence-corrected chi connectivity index (χ3v) is 8.24. The van der Waals surface area contributed by atoms with Crippen molar-refractivity contribution in [1.82, 2.24) is 28.7 Å². The number of para-hydroxylation sites is 1. The maximum atomic E-state index is 13.6. The van der Waals surface area contributed by atoms with E-state index in [2.05, 4.69) is 20.3 Å². The van der Waals surface area contributed by atoms with E-state index in [1.165, 1.54) is 47.6 Å². The molecule has 0 fully saturated rings. The third-order valence-electron chi connectivity index (χ3n) is 6.53. The largest absolute Gasteiger partial charge is 0.486 e. The van der Waals surface area contributed by atoms with Crippen LogP contribution in [-0.2, 0) is 17.1 Å². The van der Waals surface area contributed by atoms with Gasteiger partial charge in [0.1, 0.15) is 11.8 Å². The molecule has 0 unspecified atom stereocenters. The number of nitrogens with one attached hydrogen (secondary N) is 1. The molecule has 0 bridgehead atoms. The Morgan fingerprint density at radius 1 is 1.31 bits per heavy atom. The standard InChI is InChI=1S/C25H31N7O6S/c1-16-11-32(17(2)14-33)25(35)18-6-5-7-19(29-24(34)20-10-26-8-9-27-20)23(18)38-21(16)12-31(4)39(36,37)22-13-30(3)15-28-22/h5-10,13,15-17,21,33H,11-12,14H2,1-4H3,(H,29,34)/t16-,17-,21+/m1/s1. The van der Waals surface area contributed by atoms with Crippen LogP contribution < -0.4 is 10.1 Å². The highest BCUT2D eigenvalue weighted by molar-refractivity contribution is 7.89. The van der Waals surface area contributed by atoms with Crippen LogP contribution in [0.15, 0.2) is 54.3 Å². The second-order valence-electron chi connectivity index (χ2n) is 9.51. The van der Waals surface area contributed by atoms with Crippen LogP contribution in [0.3, 0.4) is 0 Å². The second-order valence-corrected chi connectivity index (χ2v) is 11.5. The predicted molar refractivity (Wildman–Crippen MR) is 141 cm³/mol. The molecule has 1 aliphatic rings. The van der Waals surface area contributed by atoms with Crippen molar-refractivity contribution in [1.29, 1.82) is 0 Å². The molecule has 208 valence electrons. The van der Waals surface area contributed by atoms with Crippen LogP contribution in [0.25, 0.3) is 0 Å². The van der Waals surface area contributed by atoms with Crippen LogP contribution in [0.1, 0.15) is 34.7 Å². The van der Waals surface area contributed by atoms with Crippen molar-refractivity contribution >= 4 is 27.5 Å². The number of ether oxygens (including phenoxy) is 1. The number of sulfonamides is 1. The Balaban J connectivity index is 1.73. The van der Waals surface area contributed by atoms with Crippen LogP contribution in [0.4, 0.5) is 5.69 Å². The molecule has 14 heteroatoms. The highest BCUT2D eigenvalue weighted by atomic mass is 32.2. The average Bonchev–Trinajstić information content (AvgIpc) is 3.38. The maximum Gasteiger partial charge on any atom is 0.275 e. The van der Waals surface area contributed by atoms with Crippen molar-refractivity contribution in [3.63, 3.8) is 0 Å². The lowest BCUT2D eigenvalue weighted by Gasteiger charge is -2.38. The summed E-state index contributed by atoms with van der Waals surface area (Å²) in [5.41, 5.74) is 0.440. The first kappa shape index (κ1) is 28.1. The van der Waals surface area contributed by atoms with Gasteiger partial charge < -0.3 is 24.6 Å². The first-order chi connectivity index (χ1) is 18.5. The minimum absolute atomic E-state index is 0.0638. The van der Waals surface area contributed by atoms with Gasteiger partial charge in [0.2, 0.25) is 0 Å². The van der Waals surface area contributed by atoms with Crippen LogP contribution in [0.2, 0.25) is 0 Å². The molecular formula is C25H31N7O6S. The first-order valence-corrected chi connectivity index (χ1v) is 13.7. The number of carbonyl (C=O) groups excluding carboxylic acids is 2. The number of aromatic nitrogens is 4. The number of aryl methyl sites for hydroxylation is 1. The molecule has 2 aromatic heterocycles. The molecule has 0 spiro atoms. The predicted octanol–water partition coefficient (Wildman–Crippen LogP) is 1.00. The molecule has 0 aliphatic carbocycles. The van der Waals surface area contributed by atoms with E-state index in [0.29, 0.717) is 0 Å². The van der Waals surface area contributed by atoms with Crippen LogP contribution in [0.5, 0.6) is 5.75 Å². The molecule has 0 radical (unpaired) electrons. The molecule has 3 heterocycles. The lowest BCUT2D eigenvalue weighted by molar-refractivity contribution is 0.0388. The Morgan fingerprint density at radius 2 is 2.08 bits per heavy atom. The molecule has 3 aromatic rings. The van der Waals surface area contributed by atoms with Crippen LogP contribution in [0, 0.1) is 5.92 Å². The molecule has 0 saturated carbocycles. The number of rotatable bonds is 8. The summed E-state index contributed by atoms with van der Waals surface area (Å²) in [5, 5.41) is 12.5. The summed E-state index contributed by atoms with van der Waals surface area (Å²) in [6.07, 6.45) is 6.21. The van der Waals surface area contributed by atoms with E-state index in [-0.39, 0.29) is 59.2 Å². The van der Waals surface area contributed by atoms with Gasteiger partial charge in [-0.3, -0.25) is 14.6 Å². The van der Waals surface area contributed by atoms with E-state index in [4.69, 9.17) is 4.74 Å². The number of fused-ring (bicyclic) bond motifs is 1. The summed E-state index contributed by atoms with van der Waals surface area (Å²) in [5.74, 6) is -1.21. The molecule has 0 saturated heterocycles. The van der Waals surface area contributed by atoms with E-state index in [1.807, 2.05) is 6.92 Å². The number of imidazole rings is 1. The molecule has 1 aromatic carbocycles. The SMILES string of the molecule is C[C@@H]1CN([C@H](C)CO)C(=O)c2cccc(NC(=O)c3cnccn3)c2O[C@H]1CN(C)S(=O)(=O)c1cn(C)cn1. The molecule has 4 rings (SSSR count). The zero-order valence-corrected chi connectivity index (χ0v) is 22.9. The van der Waals surface area contributed by atoms with Gasteiger partial charge in [-0.25, -0.2) is 18.4 Å². The Bertz CT molecular complexity index is 1450. The van der Waals surface area contributed by atoms with Gasteiger partial charge in [0, 0.05) is 45.1 Å². The van der Waals surface area contributed by atoms with E-state index in [1.54, 1.807) is 32.2 Å². The van der Waals surface area contributed by atoms with Crippen molar-refractivity contribution in [3.05, 3.63) is 60.6 Å². The number of benzene rings is 1. The third kappa shape index (κ3) is 5.92.